The molecule has 0 aromatic heterocycles. The summed E-state index contributed by atoms with van der Waals surface area (Å²) >= 11 is 0. The van der Waals surface area contributed by atoms with Gasteiger partial charge in [0.2, 0.25) is 6.04 Å². The zero-order valence-electron chi connectivity index (χ0n) is 6.40. The molecule has 0 aromatic rings. The fraction of sp³-hybridized carbons (Fsp3) is 0.625. The van der Waals surface area contributed by atoms with Crippen molar-refractivity contribution < 1.29 is 4.92 Å². The van der Waals surface area contributed by atoms with Gasteiger partial charge in [-0.05, 0) is 31.8 Å². The molecule has 1 unspecified atom stereocenters. The molecule has 0 aliphatic heterocycles. The highest BCUT2D eigenvalue weighted by Crippen LogP contribution is 2.12. The molecule has 1 aliphatic rings. The van der Waals surface area contributed by atoms with Gasteiger partial charge in [0.05, 0.1) is 0 Å². The average molecular weight is 154 g/mol. The van der Waals surface area contributed by atoms with Gasteiger partial charge in [-0.15, -0.1) is 0 Å². The lowest BCUT2D eigenvalue weighted by molar-refractivity contribution is -0.509. The molecule has 0 amide bonds. The number of hydrogen-bond acceptors (Lipinski definition) is 2. The number of allylic oxidation sites excluding steroid dienone is 1. The maximum Gasteiger partial charge on any atom is 0.231 e. The summed E-state index contributed by atoms with van der Waals surface area (Å²) in [7, 11) is 0. The number of nitro groups is 1. The predicted molar refractivity (Wildman–Crippen MR) is 42.7 cm³/mol. The minimum absolute atomic E-state index is 0.224. The van der Waals surface area contributed by atoms with Crippen LogP contribution in [-0.2, 0) is 0 Å². The first-order valence-corrected chi connectivity index (χ1v) is 3.92. The van der Waals surface area contributed by atoms with Gasteiger partial charge in [0.25, 0.3) is 0 Å². The van der Waals surface area contributed by atoms with Crippen LogP contribution in [-0.4, -0.2) is 11.0 Å². The number of nitrogens with zero attached hydrogens (tertiary/aromatic N) is 1. The zero-order chi connectivity index (χ0) is 8.10. The third kappa shape index (κ3) is 2.70. The SMILES string of the molecule is O=[N+]([O-])C1/C=C\CCC[CH]C1. The molecule has 0 fully saturated rings. The van der Waals surface area contributed by atoms with E-state index in [-0.39, 0.29) is 4.92 Å². The molecule has 0 heterocycles. The van der Waals surface area contributed by atoms with E-state index in [0.29, 0.717) is 6.42 Å². The molecule has 0 N–H and O–H groups in total. The van der Waals surface area contributed by atoms with Crippen LogP contribution in [0.2, 0.25) is 0 Å². The lowest BCUT2D eigenvalue weighted by Gasteiger charge is -2.06. The molecule has 0 saturated heterocycles. The molecular formula is C8H12NO2. The van der Waals surface area contributed by atoms with Crippen LogP contribution >= 0.6 is 0 Å². The van der Waals surface area contributed by atoms with Crippen LogP contribution in [0.25, 0.3) is 0 Å². The average Bonchev–Trinajstić information content (AvgIpc) is 1.84. The van der Waals surface area contributed by atoms with E-state index in [1.807, 2.05) is 12.5 Å². The molecule has 1 aliphatic carbocycles. The molecule has 61 valence electrons. The fourth-order valence-electron chi connectivity index (χ4n) is 1.16. The van der Waals surface area contributed by atoms with Crippen LogP contribution in [0.15, 0.2) is 12.2 Å². The summed E-state index contributed by atoms with van der Waals surface area (Å²) < 4.78 is 0. The van der Waals surface area contributed by atoms with Crippen molar-refractivity contribution >= 4 is 0 Å². The Morgan fingerprint density at radius 1 is 1.45 bits per heavy atom. The molecule has 0 saturated carbocycles. The minimum atomic E-state index is -0.477. The Kier molecular flexibility index (Phi) is 3.08. The van der Waals surface area contributed by atoms with Gasteiger partial charge in [-0.3, -0.25) is 10.1 Å². The van der Waals surface area contributed by atoms with Crippen molar-refractivity contribution in [1.82, 2.24) is 0 Å². The quantitative estimate of drug-likeness (QED) is 0.329. The van der Waals surface area contributed by atoms with Gasteiger partial charge in [-0.1, -0.05) is 6.08 Å². The Bertz CT molecular complexity index is 165. The van der Waals surface area contributed by atoms with Crippen LogP contribution in [0.1, 0.15) is 25.7 Å². The Morgan fingerprint density at radius 2 is 2.27 bits per heavy atom. The molecule has 1 atom stereocenters. The zero-order valence-corrected chi connectivity index (χ0v) is 6.40. The second-order valence-corrected chi connectivity index (χ2v) is 2.74. The summed E-state index contributed by atoms with van der Waals surface area (Å²) in [6, 6.07) is -0.477. The summed E-state index contributed by atoms with van der Waals surface area (Å²) in [5.74, 6) is 0. The first-order valence-electron chi connectivity index (χ1n) is 3.92. The molecule has 0 spiro atoms. The number of hydrogen-bond donors (Lipinski definition) is 0. The lowest BCUT2D eigenvalue weighted by atomic mass is 10.0. The normalized spacial score (nSPS) is 28.5. The van der Waals surface area contributed by atoms with Gasteiger partial charge in [-0.2, -0.15) is 0 Å². The van der Waals surface area contributed by atoms with Crippen molar-refractivity contribution in [3.05, 3.63) is 28.7 Å². The van der Waals surface area contributed by atoms with Gasteiger partial charge < -0.3 is 0 Å². The summed E-state index contributed by atoms with van der Waals surface area (Å²) in [5.41, 5.74) is 0. The van der Waals surface area contributed by atoms with Crippen molar-refractivity contribution in [2.75, 3.05) is 0 Å². The fourth-order valence-corrected chi connectivity index (χ4v) is 1.16. The maximum atomic E-state index is 10.4. The summed E-state index contributed by atoms with van der Waals surface area (Å²) in [5, 5.41) is 10.4. The van der Waals surface area contributed by atoms with Crippen molar-refractivity contribution in [3.63, 3.8) is 0 Å². The number of rotatable bonds is 1. The first kappa shape index (κ1) is 8.24. The first-order chi connectivity index (χ1) is 5.30. The van der Waals surface area contributed by atoms with Crippen molar-refractivity contribution in [2.24, 2.45) is 0 Å². The van der Waals surface area contributed by atoms with E-state index in [1.54, 1.807) is 6.08 Å². The molecule has 11 heavy (non-hydrogen) atoms. The predicted octanol–water partition coefficient (Wildman–Crippen LogP) is 1.97. The lowest BCUT2D eigenvalue weighted by Crippen LogP contribution is -2.17. The Labute approximate surface area is 66.3 Å². The molecular weight excluding hydrogens is 142 g/mol. The highest BCUT2D eigenvalue weighted by molar-refractivity contribution is 4.93. The van der Waals surface area contributed by atoms with Gasteiger partial charge in [0, 0.05) is 11.3 Å². The van der Waals surface area contributed by atoms with Gasteiger partial charge >= 0.3 is 0 Å². The minimum Gasteiger partial charge on any atom is -0.264 e. The Morgan fingerprint density at radius 3 is 3.00 bits per heavy atom. The maximum absolute atomic E-state index is 10.4. The van der Waals surface area contributed by atoms with Crippen LogP contribution in [0.4, 0.5) is 0 Å². The molecule has 1 rings (SSSR count). The largest absolute Gasteiger partial charge is 0.264 e. The Balaban J connectivity index is 2.48. The van der Waals surface area contributed by atoms with E-state index < -0.39 is 6.04 Å². The van der Waals surface area contributed by atoms with E-state index in [0.717, 1.165) is 19.3 Å². The van der Waals surface area contributed by atoms with Crippen molar-refractivity contribution in [2.45, 2.75) is 31.7 Å². The highest BCUT2D eigenvalue weighted by Gasteiger charge is 2.15. The monoisotopic (exact) mass is 154 g/mol. The Hall–Kier alpha value is -0.860. The van der Waals surface area contributed by atoms with Gasteiger partial charge in [-0.25, -0.2) is 0 Å². The van der Waals surface area contributed by atoms with Crippen LogP contribution < -0.4 is 0 Å². The second-order valence-electron chi connectivity index (χ2n) is 2.74. The van der Waals surface area contributed by atoms with E-state index >= 15 is 0 Å². The summed E-state index contributed by atoms with van der Waals surface area (Å²) in [6.45, 7) is 0. The third-order valence-corrected chi connectivity index (χ3v) is 1.82. The molecule has 0 aromatic carbocycles. The van der Waals surface area contributed by atoms with Crippen molar-refractivity contribution in [1.29, 1.82) is 0 Å². The summed E-state index contributed by atoms with van der Waals surface area (Å²) in [4.78, 5) is 10.1. The molecule has 3 heteroatoms. The van der Waals surface area contributed by atoms with Crippen LogP contribution in [0, 0.1) is 16.5 Å². The molecule has 1 radical (unpaired) electrons. The second kappa shape index (κ2) is 4.11. The highest BCUT2D eigenvalue weighted by atomic mass is 16.6. The molecule has 3 nitrogen and oxygen atoms in total. The van der Waals surface area contributed by atoms with Crippen molar-refractivity contribution in [3.8, 4) is 0 Å². The van der Waals surface area contributed by atoms with E-state index in [1.165, 1.54) is 0 Å². The summed E-state index contributed by atoms with van der Waals surface area (Å²) in [6.07, 6.45) is 9.33. The smallest absolute Gasteiger partial charge is 0.231 e. The van der Waals surface area contributed by atoms with E-state index in [2.05, 4.69) is 0 Å². The standard InChI is InChI=1S/C8H12NO2/c10-9(11)8-6-4-2-1-3-5-7-8/h4-6,8H,1-3,7H2/b6-4-. The van der Waals surface area contributed by atoms with E-state index in [9.17, 15) is 10.1 Å². The van der Waals surface area contributed by atoms with Crippen LogP contribution in [0.5, 0.6) is 0 Å². The topological polar surface area (TPSA) is 43.1 Å². The van der Waals surface area contributed by atoms with E-state index in [4.69, 9.17) is 0 Å². The van der Waals surface area contributed by atoms with Gasteiger partial charge in [0.1, 0.15) is 0 Å². The third-order valence-electron chi connectivity index (χ3n) is 1.82. The van der Waals surface area contributed by atoms with Gasteiger partial charge in [0.15, 0.2) is 0 Å². The van der Waals surface area contributed by atoms with Crippen LogP contribution in [0.3, 0.4) is 0 Å². The molecule has 0 bridgehead atoms.